The molecule has 80 valence electrons. The van der Waals surface area contributed by atoms with Gasteiger partial charge in [0.05, 0.1) is 5.70 Å². The summed E-state index contributed by atoms with van der Waals surface area (Å²) in [5, 5.41) is 0. The molecule has 1 aromatic carbocycles. The van der Waals surface area contributed by atoms with Crippen LogP contribution in [-0.2, 0) is 0 Å². The molecule has 2 nitrogen and oxygen atoms in total. The zero-order valence-electron chi connectivity index (χ0n) is 9.00. The molecule has 0 spiro atoms. The first-order chi connectivity index (χ1) is 7.00. The molecule has 3 heteroatoms. The molecule has 0 aliphatic carbocycles. The fourth-order valence-electron chi connectivity index (χ4n) is 1.05. The Bertz CT molecular complexity index is 394. The van der Waals surface area contributed by atoms with Crippen LogP contribution in [-0.4, -0.2) is 11.8 Å². The first-order valence-corrected chi connectivity index (χ1v) is 4.76. The summed E-state index contributed by atoms with van der Waals surface area (Å²) in [5.41, 5.74) is 7.64. The van der Waals surface area contributed by atoms with E-state index in [1.807, 2.05) is 13.8 Å². The molecule has 1 rings (SSSR count). The van der Waals surface area contributed by atoms with Crippen LogP contribution in [0.25, 0.3) is 5.70 Å². The first-order valence-electron chi connectivity index (χ1n) is 4.76. The topological polar surface area (TPSA) is 38.4 Å². The number of nitrogens with zero attached hydrogens (tertiary/aromatic N) is 1. The van der Waals surface area contributed by atoms with Crippen LogP contribution in [0.5, 0.6) is 0 Å². The summed E-state index contributed by atoms with van der Waals surface area (Å²) in [6, 6.07) is 6.07. The SMILES string of the molecule is C=C(N=C(C)C(C)N)c1cccc(F)c1. The lowest BCUT2D eigenvalue weighted by atomic mass is 10.1. The largest absolute Gasteiger partial charge is 0.323 e. The predicted octanol–water partition coefficient (Wildman–Crippen LogP) is 2.60. The minimum atomic E-state index is -0.290. The standard InChI is InChI=1S/C12H15FN2/c1-8(14)9(2)15-10(3)11-5-4-6-12(13)7-11/h4-8H,3,14H2,1-2H3. The highest BCUT2D eigenvalue weighted by atomic mass is 19.1. The fourth-order valence-corrected chi connectivity index (χ4v) is 1.05. The van der Waals surface area contributed by atoms with Gasteiger partial charge in [-0.15, -0.1) is 0 Å². The summed E-state index contributed by atoms with van der Waals surface area (Å²) in [4.78, 5) is 4.22. The zero-order valence-corrected chi connectivity index (χ0v) is 9.00. The van der Waals surface area contributed by atoms with Crippen molar-refractivity contribution >= 4 is 11.4 Å². The Balaban J connectivity index is 2.91. The maximum atomic E-state index is 12.9. The summed E-state index contributed by atoms with van der Waals surface area (Å²) in [5.74, 6) is -0.290. The molecular formula is C12H15FN2. The van der Waals surface area contributed by atoms with Crippen molar-refractivity contribution in [1.29, 1.82) is 0 Å². The average Bonchev–Trinajstić information content (AvgIpc) is 2.17. The lowest BCUT2D eigenvalue weighted by Crippen LogP contribution is -2.24. The molecule has 1 atom stereocenters. The molecule has 1 unspecified atom stereocenters. The maximum absolute atomic E-state index is 12.9. The van der Waals surface area contributed by atoms with Crippen LogP contribution in [0, 0.1) is 5.82 Å². The molecule has 2 N–H and O–H groups in total. The molecule has 0 aliphatic rings. The number of nitrogens with two attached hydrogens (primary N) is 1. The quantitative estimate of drug-likeness (QED) is 0.758. The normalized spacial score (nSPS) is 13.7. The molecule has 0 saturated carbocycles. The van der Waals surface area contributed by atoms with E-state index >= 15 is 0 Å². The van der Waals surface area contributed by atoms with Crippen LogP contribution < -0.4 is 5.73 Å². The van der Waals surface area contributed by atoms with Gasteiger partial charge in [-0.05, 0) is 26.0 Å². The predicted molar refractivity (Wildman–Crippen MR) is 62.2 cm³/mol. The second-order valence-electron chi connectivity index (χ2n) is 3.50. The van der Waals surface area contributed by atoms with Crippen LogP contribution in [0.2, 0.25) is 0 Å². The minimum Gasteiger partial charge on any atom is -0.323 e. The summed E-state index contributed by atoms with van der Waals surface area (Å²) in [6.07, 6.45) is 0. The second kappa shape index (κ2) is 4.84. The summed E-state index contributed by atoms with van der Waals surface area (Å²) in [6.45, 7) is 7.45. The fraction of sp³-hybridized carbons (Fsp3) is 0.250. The maximum Gasteiger partial charge on any atom is 0.123 e. The third-order valence-corrected chi connectivity index (χ3v) is 2.13. The highest BCUT2D eigenvalue weighted by Crippen LogP contribution is 2.15. The van der Waals surface area contributed by atoms with Crippen molar-refractivity contribution in [3.05, 3.63) is 42.2 Å². The molecule has 0 saturated heterocycles. The second-order valence-corrected chi connectivity index (χ2v) is 3.50. The van der Waals surface area contributed by atoms with E-state index in [9.17, 15) is 4.39 Å². The Hall–Kier alpha value is -1.48. The van der Waals surface area contributed by atoms with Gasteiger partial charge in [-0.2, -0.15) is 0 Å². The Morgan fingerprint density at radius 1 is 1.53 bits per heavy atom. The van der Waals surface area contributed by atoms with Crippen LogP contribution >= 0.6 is 0 Å². The van der Waals surface area contributed by atoms with E-state index in [-0.39, 0.29) is 11.9 Å². The third kappa shape index (κ3) is 3.29. The van der Waals surface area contributed by atoms with Crippen LogP contribution in [0.15, 0.2) is 35.8 Å². The summed E-state index contributed by atoms with van der Waals surface area (Å²) < 4.78 is 12.9. The van der Waals surface area contributed by atoms with Crippen molar-refractivity contribution < 1.29 is 4.39 Å². The number of rotatable bonds is 3. The van der Waals surface area contributed by atoms with Gasteiger partial charge in [0.25, 0.3) is 0 Å². The monoisotopic (exact) mass is 206 g/mol. The molecule has 0 fully saturated rings. The van der Waals surface area contributed by atoms with Crippen molar-refractivity contribution in [2.24, 2.45) is 10.7 Å². The summed E-state index contributed by atoms with van der Waals surface area (Å²) >= 11 is 0. The Morgan fingerprint density at radius 2 is 2.20 bits per heavy atom. The van der Waals surface area contributed by atoms with E-state index in [1.165, 1.54) is 12.1 Å². The number of hydrogen-bond acceptors (Lipinski definition) is 2. The molecule has 1 aromatic rings. The summed E-state index contributed by atoms with van der Waals surface area (Å²) in [7, 11) is 0. The van der Waals surface area contributed by atoms with Crippen molar-refractivity contribution in [1.82, 2.24) is 0 Å². The van der Waals surface area contributed by atoms with Crippen molar-refractivity contribution in [2.75, 3.05) is 0 Å². The smallest absolute Gasteiger partial charge is 0.123 e. The Kier molecular flexibility index (Phi) is 3.74. The molecule has 0 bridgehead atoms. The highest BCUT2D eigenvalue weighted by Gasteiger charge is 2.02. The number of hydrogen-bond donors (Lipinski definition) is 1. The first kappa shape index (κ1) is 11.6. The van der Waals surface area contributed by atoms with Gasteiger partial charge in [0.1, 0.15) is 5.82 Å². The van der Waals surface area contributed by atoms with Gasteiger partial charge in [-0.1, -0.05) is 18.7 Å². The van der Waals surface area contributed by atoms with E-state index in [1.54, 1.807) is 12.1 Å². The van der Waals surface area contributed by atoms with Gasteiger partial charge in [0, 0.05) is 17.3 Å². The van der Waals surface area contributed by atoms with Gasteiger partial charge >= 0.3 is 0 Å². The van der Waals surface area contributed by atoms with E-state index < -0.39 is 0 Å². The van der Waals surface area contributed by atoms with Gasteiger partial charge in [-0.3, -0.25) is 4.99 Å². The van der Waals surface area contributed by atoms with Gasteiger partial charge in [0.2, 0.25) is 0 Å². The van der Waals surface area contributed by atoms with E-state index in [4.69, 9.17) is 5.73 Å². The average molecular weight is 206 g/mol. The van der Waals surface area contributed by atoms with Gasteiger partial charge < -0.3 is 5.73 Å². The van der Waals surface area contributed by atoms with E-state index in [0.717, 1.165) is 5.71 Å². The molecular weight excluding hydrogens is 191 g/mol. The molecule has 0 aromatic heterocycles. The Labute approximate surface area is 89.3 Å². The highest BCUT2D eigenvalue weighted by molar-refractivity contribution is 5.91. The number of benzene rings is 1. The van der Waals surface area contributed by atoms with Crippen molar-refractivity contribution in [3.8, 4) is 0 Å². The third-order valence-electron chi connectivity index (χ3n) is 2.13. The van der Waals surface area contributed by atoms with Gasteiger partial charge in [-0.25, -0.2) is 4.39 Å². The number of halogens is 1. The van der Waals surface area contributed by atoms with Crippen LogP contribution in [0.4, 0.5) is 4.39 Å². The zero-order chi connectivity index (χ0) is 11.4. The molecule has 0 amide bonds. The Morgan fingerprint density at radius 3 is 2.73 bits per heavy atom. The van der Waals surface area contributed by atoms with Crippen molar-refractivity contribution in [2.45, 2.75) is 19.9 Å². The van der Waals surface area contributed by atoms with Crippen molar-refractivity contribution in [3.63, 3.8) is 0 Å². The number of aliphatic imine (C=N–C) groups is 1. The van der Waals surface area contributed by atoms with E-state index in [2.05, 4.69) is 11.6 Å². The van der Waals surface area contributed by atoms with Crippen LogP contribution in [0.3, 0.4) is 0 Å². The molecule has 0 radical (unpaired) electrons. The van der Waals surface area contributed by atoms with Gasteiger partial charge in [0.15, 0.2) is 0 Å². The molecule has 0 aliphatic heterocycles. The molecule has 15 heavy (non-hydrogen) atoms. The van der Waals surface area contributed by atoms with Crippen LogP contribution in [0.1, 0.15) is 19.4 Å². The lowest BCUT2D eigenvalue weighted by molar-refractivity contribution is 0.627. The molecule has 0 heterocycles. The lowest BCUT2D eigenvalue weighted by Gasteiger charge is -2.06. The minimum absolute atomic E-state index is 0.115. The van der Waals surface area contributed by atoms with E-state index in [0.29, 0.717) is 11.3 Å².